The number of piperazine rings is 1. The Balaban J connectivity index is 1.83. The van der Waals surface area contributed by atoms with Crippen molar-refractivity contribution in [2.75, 3.05) is 37.7 Å². The van der Waals surface area contributed by atoms with Gasteiger partial charge in [0.15, 0.2) is 6.61 Å². The van der Waals surface area contributed by atoms with Crippen molar-refractivity contribution in [3.8, 4) is 5.75 Å². The van der Waals surface area contributed by atoms with Crippen LogP contribution < -0.4 is 15.0 Å². The lowest BCUT2D eigenvalue weighted by molar-refractivity contribution is -0.153. The monoisotopic (exact) mass is 507 g/mol. The number of rotatable bonds is 6. The fourth-order valence-corrected chi connectivity index (χ4v) is 5.17. The minimum Gasteiger partial charge on any atom is -0.482 e. The number of alkyl halides is 5. The minimum absolute atomic E-state index is 0.114. The molecule has 0 unspecified atom stereocenters. The SMILES string of the molecule is O=S(=O)(c1ccc(OCC(F)(F)F)c(N2CCNCC2)c1)n1cc(C(F)F)c2ccc(F)cc21. The van der Waals surface area contributed by atoms with Gasteiger partial charge in [-0.05, 0) is 36.4 Å². The molecule has 1 fully saturated rings. The van der Waals surface area contributed by atoms with Gasteiger partial charge in [0.2, 0.25) is 0 Å². The van der Waals surface area contributed by atoms with E-state index in [0.29, 0.717) is 30.2 Å². The van der Waals surface area contributed by atoms with Crippen molar-refractivity contribution in [1.29, 1.82) is 0 Å². The minimum atomic E-state index is -4.61. The van der Waals surface area contributed by atoms with E-state index in [-0.39, 0.29) is 27.2 Å². The third-order valence-electron chi connectivity index (χ3n) is 5.34. The predicted molar refractivity (Wildman–Crippen MR) is 113 cm³/mol. The maximum absolute atomic E-state index is 13.8. The summed E-state index contributed by atoms with van der Waals surface area (Å²) in [5.41, 5.74) is -0.758. The molecule has 2 aromatic carbocycles. The third kappa shape index (κ3) is 4.80. The normalized spacial score (nSPS) is 15.3. The van der Waals surface area contributed by atoms with Gasteiger partial charge in [-0.3, -0.25) is 0 Å². The van der Waals surface area contributed by atoms with Gasteiger partial charge in [0.25, 0.3) is 16.4 Å². The molecule has 0 saturated carbocycles. The summed E-state index contributed by atoms with van der Waals surface area (Å²) in [6, 6.07) is 6.10. The molecule has 34 heavy (non-hydrogen) atoms. The molecule has 0 aliphatic carbocycles. The average molecular weight is 507 g/mol. The summed E-state index contributed by atoms with van der Waals surface area (Å²) in [5, 5.41) is 2.95. The molecule has 0 radical (unpaired) electrons. The van der Waals surface area contributed by atoms with Crippen LogP contribution in [0.1, 0.15) is 12.0 Å². The zero-order valence-corrected chi connectivity index (χ0v) is 18.3. The summed E-state index contributed by atoms with van der Waals surface area (Å²) in [4.78, 5) is 1.29. The highest BCUT2D eigenvalue weighted by atomic mass is 32.2. The van der Waals surface area contributed by atoms with Gasteiger partial charge in [0.1, 0.15) is 11.6 Å². The summed E-state index contributed by atoms with van der Waals surface area (Å²) >= 11 is 0. The summed E-state index contributed by atoms with van der Waals surface area (Å²) in [6.07, 6.45) is -6.90. The molecule has 0 atom stereocenters. The first-order chi connectivity index (χ1) is 16.0. The maximum Gasteiger partial charge on any atom is 0.422 e. The van der Waals surface area contributed by atoms with Crippen molar-refractivity contribution in [2.24, 2.45) is 0 Å². The van der Waals surface area contributed by atoms with Gasteiger partial charge in [-0.2, -0.15) is 13.2 Å². The number of nitrogens with one attached hydrogen (secondary N) is 1. The molecule has 1 saturated heterocycles. The Kier molecular flexibility index (Phi) is 6.42. The maximum atomic E-state index is 13.8. The number of halogens is 6. The standard InChI is InChI=1S/C21H19F6N3O3S/c22-13-1-3-15-16(20(23)24)11-30(17(15)9-13)34(31,32)14-2-4-19(33-12-21(25,26)27)18(10-14)29-7-5-28-6-8-29/h1-4,9-11,20,28H,5-8,12H2. The lowest BCUT2D eigenvalue weighted by atomic mass is 10.2. The highest BCUT2D eigenvalue weighted by Crippen LogP contribution is 2.36. The van der Waals surface area contributed by atoms with E-state index < -0.39 is 40.6 Å². The fraction of sp³-hybridized carbons (Fsp3) is 0.333. The van der Waals surface area contributed by atoms with E-state index in [2.05, 4.69) is 5.32 Å². The molecule has 4 rings (SSSR count). The Bertz CT molecular complexity index is 1300. The second-order valence-electron chi connectivity index (χ2n) is 7.62. The second-order valence-corrected chi connectivity index (χ2v) is 9.43. The summed E-state index contributed by atoms with van der Waals surface area (Å²) < 4.78 is 111. The molecule has 6 nitrogen and oxygen atoms in total. The van der Waals surface area contributed by atoms with Crippen LogP contribution in [0.2, 0.25) is 0 Å². The molecule has 1 aliphatic rings. The van der Waals surface area contributed by atoms with Gasteiger partial charge in [0, 0.05) is 43.3 Å². The number of nitrogens with zero attached hydrogens (tertiary/aromatic N) is 2. The largest absolute Gasteiger partial charge is 0.482 e. The summed E-state index contributed by atoms with van der Waals surface area (Å²) in [5.74, 6) is -0.991. The van der Waals surface area contributed by atoms with Crippen LogP contribution in [0.5, 0.6) is 5.75 Å². The van der Waals surface area contributed by atoms with Crippen molar-refractivity contribution in [3.63, 3.8) is 0 Å². The molecular weight excluding hydrogens is 488 g/mol. The van der Waals surface area contributed by atoms with E-state index in [0.717, 1.165) is 42.6 Å². The van der Waals surface area contributed by atoms with E-state index in [1.54, 1.807) is 4.90 Å². The molecule has 1 aromatic heterocycles. The Morgan fingerprint density at radius 3 is 2.41 bits per heavy atom. The van der Waals surface area contributed by atoms with E-state index in [1.807, 2.05) is 0 Å². The highest BCUT2D eigenvalue weighted by molar-refractivity contribution is 7.90. The zero-order valence-electron chi connectivity index (χ0n) is 17.4. The second kappa shape index (κ2) is 9.02. The topological polar surface area (TPSA) is 63.6 Å². The number of hydrogen-bond donors (Lipinski definition) is 1. The first-order valence-electron chi connectivity index (χ1n) is 10.1. The number of ether oxygens (including phenoxy) is 1. The van der Waals surface area contributed by atoms with Crippen molar-refractivity contribution in [3.05, 3.63) is 54.0 Å². The van der Waals surface area contributed by atoms with E-state index >= 15 is 0 Å². The fourth-order valence-electron chi connectivity index (χ4n) is 3.78. The number of benzene rings is 2. The van der Waals surface area contributed by atoms with Crippen LogP contribution in [0.15, 0.2) is 47.5 Å². The number of hydrogen-bond acceptors (Lipinski definition) is 5. The molecule has 3 aromatic rings. The van der Waals surface area contributed by atoms with Crippen LogP contribution >= 0.6 is 0 Å². The van der Waals surface area contributed by atoms with E-state index in [9.17, 15) is 34.8 Å². The molecular formula is C21H19F6N3O3S. The van der Waals surface area contributed by atoms with Gasteiger partial charge in [-0.25, -0.2) is 25.6 Å². The van der Waals surface area contributed by atoms with Gasteiger partial charge >= 0.3 is 6.18 Å². The van der Waals surface area contributed by atoms with Crippen LogP contribution in [0.3, 0.4) is 0 Å². The first-order valence-corrected chi connectivity index (χ1v) is 11.5. The smallest absolute Gasteiger partial charge is 0.422 e. The van der Waals surface area contributed by atoms with Gasteiger partial charge < -0.3 is 15.0 Å². The van der Waals surface area contributed by atoms with Crippen molar-refractivity contribution in [2.45, 2.75) is 17.5 Å². The third-order valence-corrected chi connectivity index (χ3v) is 7.01. The molecule has 184 valence electrons. The van der Waals surface area contributed by atoms with E-state index in [4.69, 9.17) is 4.74 Å². The number of aromatic nitrogens is 1. The van der Waals surface area contributed by atoms with Gasteiger partial charge in [0.05, 0.1) is 16.1 Å². The van der Waals surface area contributed by atoms with Crippen LogP contribution in [0.25, 0.3) is 10.9 Å². The van der Waals surface area contributed by atoms with Crippen molar-refractivity contribution >= 4 is 26.6 Å². The molecule has 1 aliphatic heterocycles. The first kappa shape index (κ1) is 24.2. The van der Waals surface area contributed by atoms with Gasteiger partial charge in [-0.1, -0.05) is 0 Å². The molecule has 0 bridgehead atoms. The van der Waals surface area contributed by atoms with Crippen LogP contribution in [-0.2, 0) is 10.0 Å². The molecule has 2 heterocycles. The van der Waals surface area contributed by atoms with Crippen molar-refractivity contribution in [1.82, 2.24) is 9.29 Å². The highest BCUT2D eigenvalue weighted by Gasteiger charge is 2.31. The van der Waals surface area contributed by atoms with Crippen LogP contribution in [0, 0.1) is 5.82 Å². The lowest BCUT2D eigenvalue weighted by Crippen LogP contribution is -2.43. The Hall–Kier alpha value is -2.93. The Morgan fingerprint density at radius 2 is 1.76 bits per heavy atom. The van der Waals surface area contributed by atoms with Crippen LogP contribution in [-0.4, -0.2) is 51.4 Å². The summed E-state index contributed by atoms with van der Waals surface area (Å²) in [7, 11) is -4.52. The Morgan fingerprint density at radius 1 is 1.06 bits per heavy atom. The lowest BCUT2D eigenvalue weighted by Gasteiger charge is -2.31. The average Bonchev–Trinajstić information content (AvgIpc) is 3.17. The molecule has 0 spiro atoms. The zero-order chi connectivity index (χ0) is 24.7. The molecule has 1 N–H and O–H groups in total. The Labute approximate surface area is 190 Å². The van der Waals surface area contributed by atoms with Crippen molar-refractivity contribution < 1.29 is 39.5 Å². The molecule has 0 amide bonds. The number of fused-ring (bicyclic) bond motifs is 1. The van der Waals surface area contributed by atoms with Gasteiger partial charge in [-0.15, -0.1) is 0 Å². The van der Waals surface area contributed by atoms with Crippen LogP contribution in [0.4, 0.5) is 32.0 Å². The van der Waals surface area contributed by atoms with E-state index in [1.165, 1.54) is 0 Å². The number of anilines is 1. The summed E-state index contributed by atoms with van der Waals surface area (Å²) in [6.45, 7) is 0.194. The molecule has 13 heteroatoms. The predicted octanol–water partition coefficient (Wildman–Crippen LogP) is 4.31. The quantitative estimate of drug-likeness (QED) is 0.504.